The molecule has 4 rings (SSSR count). The van der Waals surface area contributed by atoms with E-state index in [1.54, 1.807) is 12.1 Å². The molecule has 11 nitrogen and oxygen atoms in total. The first-order valence-electron chi connectivity index (χ1n) is 10.9. The van der Waals surface area contributed by atoms with E-state index in [1.807, 2.05) is 4.90 Å². The number of ether oxygens (including phenoxy) is 2. The second-order valence-electron chi connectivity index (χ2n) is 8.31. The number of rotatable bonds is 7. The van der Waals surface area contributed by atoms with Crippen molar-refractivity contribution in [2.75, 3.05) is 43.2 Å². The Balaban J connectivity index is 1.38. The molecule has 0 radical (unpaired) electrons. The van der Waals surface area contributed by atoms with Gasteiger partial charge in [-0.15, -0.1) is 5.10 Å². The van der Waals surface area contributed by atoms with Crippen molar-refractivity contribution in [1.29, 1.82) is 5.26 Å². The van der Waals surface area contributed by atoms with Gasteiger partial charge in [0, 0.05) is 13.1 Å². The molecule has 2 atom stereocenters. The summed E-state index contributed by atoms with van der Waals surface area (Å²) in [7, 11) is 1.24. The monoisotopic (exact) mass is 472 g/mol. The van der Waals surface area contributed by atoms with Crippen molar-refractivity contribution in [2.24, 2.45) is 11.8 Å². The maximum absolute atomic E-state index is 15.0. The number of hydrogen-bond acceptors (Lipinski definition) is 9. The van der Waals surface area contributed by atoms with E-state index in [2.05, 4.69) is 21.1 Å². The number of anilines is 2. The number of benzene rings is 1. The summed E-state index contributed by atoms with van der Waals surface area (Å²) in [4.78, 5) is 27.2. The first kappa shape index (κ1) is 23.4. The highest BCUT2D eigenvalue weighted by Crippen LogP contribution is 2.32. The number of halogens is 1. The maximum atomic E-state index is 15.0. The molecule has 0 spiro atoms. The molecular formula is C22H25FN6O5. The van der Waals surface area contributed by atoms with Crippen LogP contribution in [0.2, 0.25) is 0 Å². The van der Waals surface area contributed by atoms with Gasteiger partial charge in [0.15, 0.2) is 5.69 Å². The van der Waals surface area contributed by atoms with E-state index < -0.39 is 29.9 Å². The van der Waals surface area contributed by atoms with Crippen molar-refractivity contribution >= 4 is 23.4 Å². The molecule has 2 aromatic rings. The van der Waals surface area contributed by atoms with Crippen molar-refractivity contribution in [1.82, 2.24) is 15.0 Å². The summed E-state index contributed by atoms with van der Waals surface area (Å²) >= 11 is 0. The SMILES string of the molecule is COC(=O)c1cn(C[C@H]2CN(c3ccc(N4CCC(C(C#N)CO)CC4)c(F)c3)C(=O)O2)nn1. The zero-order valence-electron chi connectivity index (χ0n) is 18.6. The molecule has 2 aliphatic heterocycles. The number of cyclic esters (lactones) is 1. The summed E-state index contributed by atoms with van der Waals surface area (Å²) in [6.45, 7) is 1.36. The van der Waals surface area contributed by atoms with Crippen molar-refractivity contribution in [3.05, 3.63) is 35.9 Å². The van der Waals surface area contributed by atoms with Crippen molar-refractivity contribution < 1.29 is 28.6 Å². The summed E-state index contributed by atoms with van der Waals surface area (Å²) in [5, 5.41) is 26.0. The molecule has 1 aromatic heterocycles. The standard InChI is InChI=1S/C22H25FN6O5/c1-33-21(31)19-12-28(26-25-19)10-17-11-29(22(32)34-17)16-2-3-20(18(23)8-16)27-6-4-14(5-7-27)15(9-24)13-30/h2-3,8,12,14-15,17,30H,4-7,10-11,13H2,1H3/t15?,17-/m0/s1. The van der Waals surface area contributed by atoms with Gasteiger partial charge in [0.05, 0.1) is 56.4 Å². The quantitative estimate of drug-likeness (QED) is 0.596. The minimum absolute atomic E-state index is 0.0462. The van der Waals surface area contributed by atoms with Crippen LogP contribution in [0, 0.1) is 29.0 Å². The fourth-order valence-corrected chi connectivity index (χ4v) is 4.38. The molecule has 34 heavy (non-hydrogen) atoms. The Morgan fingerprint density at radius 3 is 2.82 bits per heavy atom. The molecule has 180 valence electrons. The molecule has 1 N–H and O–H groups in total. The summed E-state index contributed by atoms with van der Waals surface area (Å²) < 4.78 is 26.3. The zero-order valence-corrected chi connectivity index (χ0v) is 18.6. The van der Waals surface area contributed by atoms with E-state index in [0.29, 0.717) is 37.3 Å². The number of nitriles is 1. The summed E-state index contributed by atoms with van der Waals surface area (Å²) in [5.74, 6) is -1.37. The second kappa shape index (κ2) is 10.0. The van der Waals surface area contributed by atoms with Gasteiger partial charge in [-0.05, 0) is 37.0 Å². The molecule has 0 bridgehead atoms. The third-order valence-electron chi connectivity index (χ3n) is 6.25. The number of carbonyl (C=O) groups is 2. The lowest BCUT2D eigenvalue weighted by atomic mass is 9.85. The molecule has 1 aromatic carbocycles. The molecule has 2 aliphatic rings. The number of methoxy groups -OCH3 is 1. The molecule has 3 heterocycles. The van der Waals surface area contributed by atoms with Gasteiger partial charge in [0.25, 0.3) is 0 Å². The number of piperidine rings is 1. The molecule has 0 saturated carbocycles. The third kappa shape index (κ3) is 4.79. The molecule has 1 amide bonds. The van der Waals surface area contributed by atoms with E-state index >= 15 is 0 Å². The van der Waals surface area contributed by atoms with Crippen molar-refractivity contribution in [3.63, 3.8) is 0 Å². The van der Waals surface area contributed by atoms with E-state index in [-0.39, 0.29) is 31.3 Å². The molecule has 12 heteroatoms. The van der Waals surface area contributed by atoms with E-state index in [9.17, 15) is 19.1 Å². The lowest BCUT2D eigenvalue weighted by Gasteiger charge is -2.35. The van der Waals surface area contributed by atoms with Crippen molar-refractivity contribution in [2.45, 2.75) is 25.5 Å². The number of carbonyl (C=O) groups excluding carboxylic acids is 2. The Morgan fingerprint density at radius 1 is 1.41 bits per heavy atom. The van der Waals surface area contributed by atoms with Gasteiger partial charge < -0.3 is 19.5 Å². The van der Waals surface area contributed by atoms with Crippen LogP contribution in [-0.4, -0.2) is 71.6 Å². The molecule has 0 aliphatic carbocycles. The lowest BCUT2D eigenvalue weighted by molar-refractivity contribution is 0.0593. The molecule has 1 unspecified atom stereocenters. The van der Waals surface area contributed by atoms with Crippen LogP contribution in [0.3, 0.4) is 0 Å². The highest BCUT2D eigenvalue weighted by molar-refractivity contribution is 5.90. The van der Waals surface area contributed by atoms with Crippen LogP contribution in [0.5, 0.6) is 0 Å². The molecule has 2 saturated heterocycles. The summed E-state index contributed by atoms with van der Waals surface area (Å²) in [5.41, 5.74) is 0.856. The van der Waals surface area contributed by atoms with Crippen LogP contribution in [0.1, 0.15) is 23.3 Å². The molecule has 2 fully saturated rings. The molecular weight excluding hydrogens is 447 g/mol. The van der Waals surface area contributed by atoms with Gasteiger partial charge in [0.1, 0.15) is 11.9 Å². The first-order valence-corrected chi connectivity index (χ1v) is 10.9. The van der Waals surface area contributed by atoms with Crippen LogP contribution in [0.25, 0.3) is 0 Å². The number of aromatic nitrogens is 3. The predicted molar refractivity (Wildman–Crippen MR) is 117 cm³/mol. The number of amides is 1. The van der Waals surface area contributed by atoms with Crippen LogP contribution in [0.4, 0.5) is 20.6 Å². The third-order valence-corrected chi connectivity index (χ3v) is 6.25. The minimum Gasteiger partial charge on any atom is -0.464 e. The second-order valence-corrected chi connectivity index (χ2v) is 8.31. The average molecular weight is 472 g/mol. The summed E-state index contributed by atoms with van der Waals surface area (Å²) in [6.07, 6.45) is 1.64. The fraction of sp³-hybridized carbons (Fsp3) is 0.500. The van der Waals surface area contributed by atoms with E-state index in [4.69, 9.17) is 10.00 Å². The average Bonchev–Trinajstić information content (AvgIpc) is 3.46. The largest absolute Gasteiger partial charge is 0.464 e. The van der Waals surface area contributed by atoms with Gasteiger partial charge in [-0.1, -0.05) is 5.21 Å². The Hall–Kier alpha value is -3.72. The Labute approximate surface area is 195 Å². The van der Waals surface area contributed by atoms with Gasteiger partial charge in [-0.25, -0.2) is 18.7 Å². The Kier molecular flexibility index (Phi) is 6.93. The highest BCUT2D eigenvalue weighted by Gasteiger charge is 2.34. The lowest BCUT2D eigenvalue weighted by Crippen LogP contribution is -2.37. The Morgan fingerprint density at radius 2 is 2.18 bits per heavy atom. The summed E-state index contributed by atoms with van der Waals surface area (Å²) in [6, 6.07) is 6.75. The highest BCUT2D eigenvalue weighted by atomic mass is 19.1. The first-order chi connectivity index (χ1) is 16.4. The normalized spacial score (nSPS) is 19.6. The van der Waals surface area contributed by atoms with Crippen LogP contribution < -0.4 is 9.80 Å². The number of hydrogen-bond donors (Lipinski definition) is 1. The van der Waals surface area contributed by atoms with Crippen molar-refractivity contribution in [3.8, 4) is 6.07 Å². The number of aliphatic hydroxyl groups is 1. The number of nitrogens with zero attached hydrogens (tertiary/aromatic N) is 6. The minimum atomic E-state index is -0.616. The Bertz CT molecular complexity index is 1090. The van der Waals surface area contributed by atoms with E-state index in [1.165, 1.54) is 29.0 Å². The van der Waals surface area contributed by atoms with Gasteiger partial charge >= 0.3 is 12.1 Å². The maximum Gasteiger partial charge on any atom is 0.414 e. The van der Waals surface area contributed by atoms with Gasteiger partial charge in [-0.2, -0.15) is 5.26 Å². The van der Waals surface area contributed by atoms with Crippen LogP contribution in [0.15, 0.2) is 24.4 Å². The smallest absolute Gasteiger partial charge is 0.414 e. The van der Waals surface area contributed by atoms with Crippen LogP contribution >= 0.6 is 0 Å². The van der Waals surface area contributed by atoms with E-state index in [0.717, 1.165) is 0 Å². The zero-order chi connectivity index (χ0) is 24.2. The number of esters is 1. The van der Waals surface area contributed by atoms with Gasteiger partial charge in [0.2, 0.25) is 0 Å². The fourth-order valence-electron chi connectivity index (χ4n) is 4.38. The van der Waals surface area contributed by atoms with Crippen LogP contribution in [-0.2, 0) is 16.0 Å². The topological polar surface area (TPSA) is 134 Å². The van der Waals surface area contributed by atoms with Gasteiger partial charge in [-0.3, -0.25) is 4.90 Å². The number of aliphatic hydroxyl groups excluding tert-OH is 1. The predicted octanol–water partition coefficient (Wildman–Crippen LogP) is 1.58.